The minimum Gasteiger partial charge on any atom is -0.406 e. The van der Waals surface area contributed by atoms with Crippen LogP contribution in [0.2, 0.25) is 0 Å². The quantitative estimate of drug-likeness (QED) is 0.520. The number of aryl methyl sites for hydroxylation is 1. The number of fused-ring (bicyclic) bond motifs is 1. The molecule has 4 rings (SSSR count). The molecule has 0 spiro atoms. The van der Waals surface area contributed by atoms with Crippen LogP contribution in [0.1, 0.15) is 11.3 Å². The van der Waals surface area contributed by atoms with Crippen molar-refractivity contribution >= 4 is 28.3 Å². The normalized spacial score (nSPS) is 11.6. The van der Waals surface area contributed by atoms with Gasteiger partial charge in [0.1, 0.15) is 0 Å². The van der Waals surface area contributed by atoms with Crippen molar-refractivity contribution < 1.29 is 22.7 Å². The number of nitrogens with zero attached hydrogens (tertiary/aromatic N) is 5. The fourth-order valence-electron chi connectivity index (χ4n) is 2.80. The largest absolute Gasteiger partial charge is 0.432 e. The number of hydrogen-bond donors (Lipinski definition) is 1. The van der Waals surface area contributed by atoms with E-state index in [1.165, 1.54) is 46.9 Å². The Bertz CT molecular complexity index is 1210. The fraction of sp³-hybridized carbons (Fsp3) is 0.167. The highest BCUT2D eigenvalue weighted by Crippen LogP contribution is 2.27. The van der Waals surface area contributed by atoms with Crippen LogP contribution in [0.3, 0.4) is 0 Å². The first-order valence-corrected chi connectivity index (χ1v) is 9.41. The molecule has 0 aliphatic rings. The molecular formula is C18H13F3N6O2S. The minimum absolute atomic E-state index is 0.0155. The van der Waals surface area contributed by atoms with E-state index < -0.39 is 18.7 Å². The first-order chi connectivity index (χ1) is 14.3. The summed E-state index contributed by atoms with van der Waals surface area (Å²) in [6.45, 7) is 1.64. The first-order valence-electron chi connectivity index (χ1n) is 8.53. The lowest BCUT2D eigenvalue weighted by Gasteiger charge is -2.10. The summed E-state index contributed by atoms with van der Waals surface area (Å²) in [5.41, 5.74) is 3.15. The predicted octanol–water partition coefficient (Wildman–Crippen LogP) is 4.11. The number of ether oxygens (including phenoxy) is 1. The summed E-state index contributed by atoms with van der Waals surface area (Å²) in [6.07, 6.45) is 0.430. The van der Waals surface area contributed by atoms with Gasteiger partial charge in [-0.3, -0.25) is 9.66 Å². The lowest BCUT2D eigenvalue weighted by Crippen LogP contribution is -2.25. The van der Waals surface area contributed by atoms with Crippen LogP contribution in [0.5, 0.6) is 5.75 Å². The molecule has 0 bridgehead atoms. The van der Waals surface area contributed by atoms with Gasteiger partial charge < -0.3 is 4.74 Å². The standard InChI is InChI=1S/C18H13F3N6O2S/c1-10-14(8-24-15(25-10)16-23-4-5-30-16)29-17(28)26-27-9-11(6-18(19,20)21)12-7-22-3-2-13(12)27/h2-5,7-9H,6H2,1H3,(H,26,28). The Kier molecular flexibility index (Phi) is 5.08. The highest BCUT2D eigenvalue weighted by Gasteiger charge is 2.29. The van der Waals surface area contributed by atoms with Crippen molar-refractivity contribution in [2.24, 2.45) is 0 Å². The number of rotatable bonds is 4. The van der Waals surface area contributed by atoms with E-state index in [-0.39, 0.29) is 16.7 Å². The molecule has 0 saturated carbocycles. The number of hydrogen-bond acceptors (Lipinski definition) is 7. The van der Waals surface area contributed by atoms with E-state index in [9.17, 15) is 18.0 Å². The van der Waals surface area contributed by atoms with Crippen molar-refractivity contribution in [3.8, 4) is 16.6 Å². The second-order valence-electron chi connectivity index (χ2n) is 6.19. The zero-order valence-corrected chi connectivity index (χ0v) is 16.2. The fourth-order valence-corrected chi connectivity index (χ4v) is 3.38. The van der Waals surface area contributed by atoms with Crippen molar-refractivity contribution in [2.45, 2.75) is 19.5 Å². The molecule has 0 aliphatic heterocycles. The molecule has 0 unspecified atom stereocenters. The molecule has 30 heavy (non-hydrogen) atoms. The maximum absolute atomic E-state index is 12.8. The summed E-state index contributed by atoms with van der Waals surface area (Å²) in [5.74, 6) is 0.511. The van der Waals surface area contributed by atoms with Gasteiger partial charge >= 0.3 is 12.3 Å². The average Bonchev–Trinajstić information content (AvgIpc) is 3.32. The molecule has 0 aliphatic carbocycles. The smallest absolute Gasteiger partial charge is 0.406 e. The summed E-state index contributed by atoms with van der Waals surface area (Å²) in [7, 11) is 0. The number of carbonyl (C=O) groups excluding carboxylic acids is 1. The summed E-state index contributed by atoms with van der Waals surface area (Å²) in [6, 6.07) is 1.49. The molecule has 1 N–H and O–H groups in total. The van der Waals surface area contributed by atoms with Crippen molar-refractivity contribution in [2.75, 3.05) is 5.43 Å². The third kappa shape index (κ3) is 4.22. The molecule has 0 fully saturated rings. The lowest BCUT2D eigenvalue weighted by atomic mass is 10.1. The van der Waals surface area contributed by atoms with E-state index >= 15 is 0 Å². The van der Waals surface area contributed by atoms with Crippen LogP contribution in [0.25, 0.3) is 21.7 Å². The van der Waals surface area contributed by atoms with Crippen LogP contribution < -0.4 is 10.2 Å². The Labute approximate surface area is 171 Å². The third-order valence-electron chi connectivity index (χ3n) is 4.05. The molecule has 12 heteroatoms. The van der Waals surface area contributed by atoms with Gasteiger partial charge in [0.2, 0.25) is 0 Å². The van der Waals surface area contributed by atoms with E-state index in [1.807, 2.05) is 0 Å². The molecule has 8 nitrogen and oxygen atoms in total. The summed E-state index contributed by atoms with van der Waals surface area (Å²) in [4.78, 5) is 28.7. The SMILES string of the molecule is Cc1nc(-c2nccs2)ncc1OC(=O)Nn1cc(CC(F)(F)F)c2cnccc21. The number of pyridine rings is 1. The Morgan fingerprint density at radius 2 is 2.10 bits per heavy atom. The van der Waals surface area contributed by atoms with Crippen LogP contribution in [0.4, 0.5) is 18.0 Å². The van der Waals surface area contributed by atoms with Gasteiger partial charge in [0.25, 0.3) is 0 Å². The first kappa shape index (κ1) is 19.8. The van der Waals surface area contributed by atoms with Crippen LogP contribution in [0, 0.1) is 6.92 Å². The lowest BCUT2D eigenvalue weighted by molar-refractivity contribution is -0.127. The maximum atomic E-state index is 12.8. The number of aromatic nitrogens is 5. The van der Waals surface area contributed by atoms with Gasteiger partial charge in [-0.2, -0.15) is 13.2 Å². The van der Waals surface area contributed by atoms with Crippen LogP contribution in [0.15, 0.2) is 42.4 Å². The van der Waals surface area contributed by atoms with Crippen LogP contribution in [-0.4, -0.2) is 36.9 Å². The Morgan fingerprint density at radius 3 is 2.80 bits per heavy atom. The molecule has 0 atom stereocenters. The van der Waals surface area contributed by atoms with Crippen LogP contribution in [-0.2, 0) is 6.42 Å². The topological polar surface area (TPSA) is 94.8 Å². The zero-order valence-electron chi connectivity index (χ0n) is 15.3. The molecule has 1 amide bonds. The molecule has 4 heterocycles. The molecule has 0 saturated heterocycles. The van der Waals surface area contributed by atoms with Crippen molar-refractivity contribution in [3.63, 3.8) is 0 Å². The number of nitrogens with one attached hydrogen (secondary N) is 1. The van der Waals surface area contributed by atoms with Gasteiger partial charge in [-0.25, -0.2) is 25.2 Å². The molecular weight excluding hydrogens is 421 g/mol. The number of amides is 1. The summed E-state index contributed by atoms with van der Waals surface area (Å²) < 4.78 is 44.9. The van der Waals surface area contributed by atoms with Gasteiger partial charge in [0.15, 0.2) is 16.6 Å². The number of thiazole rings is 1. The second-order valence-corrected chi connectivity index (χ2v) is 7.09. The molecule has 154 valence electrons. The predicted molar refractivity (Wildman–Crippen MR) is 103 cm³/mol. The molecule has 4 aromatic rings. The highest BCUT2D eigenvalue weighted by atomic mass is 32.1. The van der Waals surface area contributed by atoms with E-state index in [2.05, 4.69) is 25.4 Å². The third-order valence-corrected chi connectivity index (χ3v) is 4.82. The van der Waals surface area contributed by atoms with Gasteiger partial charge in [0.05, 0.1) is 23.8 Å². The van der Waals surface area contributed by atoms with Crippen LogP contribution >= 0.6 is 11.3 Å². The van der Waals surface area contributed by atoms with Gasteiger partial charge in [0, 0.05) is 35.6 Å². The average molecular weight is 434 g/mol. The number of alkyl halides is 3. The Hall–Kier alpha value is -3.54. The van der Waals surface area contributed by atoms with Gasteiger partial charge in [-0.15, -0.1) is 11.3 Å². The Balaban J connectivity index is 1.54. The summed E-state index contributed by atoms with van der Waals surface area (Å²) in [5, 5.41) is 2.69. The van der Waals surface area contributed by atoms with Crippen molar-refractivity contribution in [1.29, 1.82) is 0 Å². The monoisotopic (exact) mass is 434 g/mol. The number of halogens is 3. The van der Waals surface area contributed by atoms with E-state index in [0.717, 1.165) is 0 Å². The molecule has 0 aromatic carbocycles. The molecule has 0 radical (unpaired) electrons. The molecule has 4 aromatic heterocycles. The zero-order chi connectivity index (χ0) is 21.3. The second kappa shape index (κ2) is 7.71. The maximum Gasteiger partial charge on any atom is 0.432 e. The minimum atomic E-state index is -4.40. The van der Waals surface area contributed by atoms with E-state index in [1.54, 1.807) is 18.5 Å². The van der Waals surface area contributed by atoms with Crippen molar-refractivity contribution in [1.82, 2.24) is 24.6 Å². The highest BCUT2D eigenvalue weighted by molar-refractivity contribution is 7.12. The van der Waals surface area contributed by atoms with E-state index in [4.69, 9.17) is 4.74 Å². The summed E-state index contributed by atoms with van der Waals surface area (Å²) >= 11 is 1.37. The Morgan fingerprint density at radius 1 is 1.27 bits per heavy atom. The van der Waals surface area contributed by atoms with Gasteiger partial charge in [-0.05, 0) is 18.6 Å². The van der Waals surface area contributed by atoms with Crippen molar-refractivity contribution in [3.05, 3.63) is 53.7 Å². The van der Waals surface area contributed by atoms with E-state index in [0.29, 0.717) is 22.0 Å². The number of carbonyl (C=O) groups is 1. The van der Waals surface area contributed by atoms with Gasteiger partial charge in [-0.1, -0.05) is 0 Å².